The minimum absolute atomic E-state index is 0.136. The van der Waals surface area contributed by atoms with Crippen LogP contribution < -0.4 is 16.4 Å². The molecule has 5 nitrogen and oxygen atoms in total. The molecule has 0 aliphatic carbocycles. The number of carbonyl (C=O) groups excluding carboxylic acids is 1. The Kier molecular flexibility index (Phi) is 3.38. The second-order valence-corrected chi connectivity index (χ2v) is 4.58. The van der Waals surface area contributed by atoms with Crippen molar-refractivity contribution in [1.29, 1.82) is 5.26 Å². The van der Waals surface area contributed by atoms with Crippen LogP contribution in [0.1, 0.15) is 18.4 Å². The van der Waals surface area contributed by atoms with Crippen molar-refractivity contribution >= 4 is 17.3 Å². The molecule has 0 bridgehead atoms. The summed E-state index contributed by atoms with van der Waals surface area (Å²) in [5.74, 6) is -0.406. The number of hydrogen-bond acceptors (Lipinski definition) is 4. The van der Waals surface area contributed by atoms with Gasteiger partial charge in [-0.05, 0) is 31.0 Å². The average Bonchev–Trinajstić information content (AvgIpc) is 2.38. The molecule has 1 aromatic carbocycles. The molecule has 1 amide bonds. The number of primary amides is 1. The fraction of sp³-hybridized carbons (Fsp3) is 0.385. The zero-order valence-electron chi connectivity index (χ0n) is 10.1. The molecule has 1 fully saturated rings. The highest BCUT2D eigenvalue weighted by atomic mass is 16.1. The van der Waals surface area contributed by atoms with Crippen LogP contribution in [0.3, 0.4) is 0 Å². The van der Waals surface area contributed by atoms with Gasteiger partial charge in [0.25, 0.3) is 0 Å². The smallest absolute Gasteiger partial charge is 0.222 e. The van der Waals surface area contributed by atoms with Gasteiger partial charge in [0.15, 0.2) is 0 Å². The van der Waals surface area contributed by atoms with Crippen LogP contribution in [0.15, 0.2) is 18.2 Å². The summed E-state index contributed by atoms with van der Waals surface area (Å²) in [6.07, 6.45) is 1.73. The normalized spacial score (nSPS) is 19.3. The predicted molar refractivity (Wildman–Crippen MR) is 69.7 cm³/mol. The van der Waals surface area contributed by atoms with Crippen LogP contribution in [0.25, 0.3) is 0 Å². The molecule has 1 atom stereocenters. The number of nitrogens with zero attached hydrogens (tertiary/aromatic N) is 2. The van der Waals surface area contributed by atoms with E-state index >= 15 is 0 Å². The summed E-state index contributed by atoms with van der Waals surface area (Å²) in [6.45, 7) is 1.41. The minimum Gasteiger partial charge on any atom is -0.399 e. The van der Waals surface area contributed by atoms with Crippen molar-refractivity contribution in [2.75, 3.05) is 23.7 Å². The van der Waals surface area contributed by atoms with E-state index in [0.717, 1.165) is 25.1 Å². The van der Waals surface area contributed by atoms with Gasteiger partial charge in [-0.25, -0.2) is 0 Å². The number of anilines is 2. The van der Waals surface area contributed by atoms with Crippen molar-refractivity contribution in [3.05, 3.63) is 23.8 Å². The topological polar surface area (TPSA) is 96.1 Å². The Morgan fingerprint density at radius 1 is 1.50 bits per heavy atom. The summed E-state index contributed by atoms with van der Waals surface area (Å²) in [5.41, 5.74) is 13.0. The van der Waals surface area contributed by atoms with E-state index in [2.05, 4.69) is 6.07 Å². The van der Waals surface area contributed by atoms with Crippen LogP contribution >= 0.6 is 0 Å². The van der Waals surface area contributed by atoms with Crippen LogP contribution in [0.5, 0.6) is 0 Å². The Bertz CT molecular complexity index is 506. The fourth-order valence-corrected chi connectivity index (χ4v) is 2.35. The van der Waals surface area contributed by atoms with Gasteiger partial charge >= 0.3 is 0 Å². The molecule has 2 rings (SSSR count). The highest BCUT2D eigenvalue weighted by Gasteiger charge is 2.25. The maximum Gasteiger partial charge on any atom is 0.222 e. The van der Waals surface area contributed by atoms with E-state index in [4.69, 9.17) is 16.7 Å². The predicted octanol–water partition coefficient (Wildman–Crippen LogP) is 0.842. The number of hydrogen-bond donors (Lipinski definition) is 2. The number of rotatable bonds is 2. The van der Waals surface area contributed by atoms with E-state index in [1.54, 1.807) is 12.1 Å². The number of amides is 1. The van der Waals surface area contributed by atoms with Gasteiger partial charge in [-0.2, -0.15) is 5.26 Å². The Balaban J connectivity index is 2.26. The van der Waals surface area contributed by atoms with Crippen LogP contribution in [-0.2, 0) is 4.79 Å². The lowest BCUT2D eigenvalue weighted by Gasteiger charge is -2.33. The van der Waals surface area contributed by atoms with Crippen molar-refractivity contribution in [2.24, 2.45) is 11.7 Å². The molecule has 1 saturated heterocycles. The molecule has 4 N–H and O–H groups in total. The number of nitriles is 1. The third kappa shape index (κ3) is 2.38. The molecule has 0 saturated carbocycles. The Morgan fingerprint density at radius 3 is 2.94 bits per heavy atom. The first kappa shape index (κ1) is 12.2. The standard InChI is InChI=1S/C13H16N4O/c14-7-10-6-11(15)3-4-12(10)17-5-1-2-9(8-17)13(16)18/h3-4,6,9H,1-2,5,8,15H2,(H2,16,18). The summed E-state index contributed by atoms with van der Waals surface area (Å²) in [4.78, 5) is 13.3. The van der Waals surface area contributed by atoms with Crippen molar-refractivity contribution < 1.29 is 4.79 Å². The molecule has 1 aliphatic heterocycles. The molecular formula is C13H16N4O. The zero-order valence-corrected chi connectivity index (χ0v) is 10.1. The minimum atomic E-state index is -0.270. The van der Waals surface area contributed by atoms with E-state index < -0.39 is 0 Å². The second-order valence-electron chi connectivity index (χ2n) is 4.58. The lowest BCUT2D eigenvalue weighted by Crippen LogP contribution is -2.41. The molecular weight excluding hydrogens is 228 g/mol. The Hall–Kier alpha value is -2.22. The Labute approximate surface area is 106 Å². The third-order valence-electron chi connectivity index (χ3n) is 3.31. The maximum absolute atomic E-state index is 11.3. The highest BCUT2D eigenvalue weighted by Crippen LogP contribution is 2.27. The number of benzene rings is 1. The average molecular weight is 244 g/mol. The van der Waals surface area contributed by atoms with Crippen molar-refractivity contribution in [3.8, 4) is 6.07 Å². The van der Waals surface area contributed by atoms with Crippen molar-refractivity contribution in [2.45, 2.75) is 12.8 Å². The molecule has 1 unspecified atom stereocenters. The molecule has 5 heteroatoms. The highest BCUT2D eigenvalue weighted by molar-refractivity contribution is 5.78. The monoisotopic (exact) mass is 244 g/mol. The van der Waals surface area contributed by atoms with Crippen LogP contribution in [0, 0.1) is 17.2 Å². The molecule has 1 heterocycles. The van der Waals surface area contributed by atoms with Gasteiger partial charge in [-0.15, -0.1) is 0 Å². The van der Waals surface area contributed by atoms with Crippen LogP contribution in [-0.4, -0.2) is 19.0 Å². The summed E-state index contributed by atoms with van der Waals surface area (Å²) in [6, 6.07) is 7.39. The SMILES string of the molecule is N#Cc1cc(N)ccc1N1CCCC(C(N)=O)C1. The number of nitrogens with two attached hydrogens (primary N) is 2. The zero-order chi connectivity index (χ0) is 13.1. The summed E-state index contributed by atoms with van der Waals surface area (Å²) in [5, 5.41) is 9.12. The van der Waals surface area contributed by atoms with E-state index in [0.29, 0.717) is 17.8 Å². The van der Waals surface area contributed by atoms with Crippen molar-refractivity contribution in [3.63, 3.8) is 0 Å². The van der Waals surface area contributed by atoms with Crippen molar-refractivity contribution in [1.82, 2.24) is 0 Å². The number of piperidine rings is 1. The fourth-order valence-electron chi connectivity index (χ4n) is 2.35. The lowest BCUT2D eigenvalue weighted by molar-refractivity contribution is -0.122. The second kappa shape index (κ2) is 4.96. The van der Waals surface area contributed by atoms with Crippen LogP contribution in [0.2, 0.25) is 0 Å². The van der Waals surface area contributed by atoms with E-state index in [-0.39, 0.29) is 11.8 Å². The van der Waals surface area contributed by atoms with Gasteiger partial charge in [0, 0.05) is 18.8 Å². The first-order valence-corrected chi connectivity index (χ1v) is 5.95. The first-order valence-electron chi connectivity index (χ1n) is 5.95. The Morgan fingerprint density at radius 2 is 2.28 bits per heavy atom. The molecule has 0 radical (unpaired) electrons. The quantitative estimate of drug-likeness (QED) is 0.753. The summed E-state index contributed by atoms with van der Waals surface area (Å²) in [7, 11) is 0. The molecule has 94 valence electrons. The third-order valence-corrected chi connectivity index (χ3v) is 3.31. The van der Waals surface area contributed by atoms with Gasteiger partial charge < -0.3 is 16.4 Å². The largest absolute Gasteiger partial charge is 0.399 e. The molecule has 18 heavy (non-hydrogen) atoms. The van der Waals surface area contributed by atoms with Gasteiger partial charge in [0.05, 0.1) is 17.2 Å². The van der Waals surface area contributed by atoms with Gasteiger partial charge in [-0.1, -0.05) is 0 Å². The van der Waals surface area contributed by atoms with E-state index in [9.17, 15) is 4.79 Å². The van der Waals surface area contributed by atoms with E-state index in [1.165, 1.54) is 0 Å². The van der Waals surface area contributed by atoms with Gasteiger partial charge in [0.1, 0.15) is 6.07 Å². The molecule has 0 aromatic heterocycles. The summed E-state index contributed by atoms with van der Waals surface area (Å²) < 4.78 is 0. The number of carbonyl (C=O) groups is 1. The lowest BCUT2D eigenvalue weighted by atomic mass is 9.96. The first-order chi connectivity index (χ1) is 8.61. The molecule has 0 spiro atoms. The van der Waals surface area contributed by atoms with Crippen LogP contribution in [0.4, 0.5) is 11.4 Å². The molecule has 1 aliphatic rings. The maximum atomic E-state index is 11.3. The van der Waals surface area contributed by atoms with Gasteiger partial charge in [0.2, 0.25) is 5.91 Å². The molecule has 1 aromatic rings. The summed E-state index contributed by atoms with van der Waals surface area (Å²) >= 11 is 0. The van der Waals surface area contributed by atoms with E-state index in [1.807, 2.05) is 11.0 Å². The number of nitrogen functional groups attached to an aromatic ring is 1. The van der Waals surface area contributed by atoms with Gasteiger partial charge in [-0.3, -0.25) is 4.79 Å².